The number of nitrogens with zero attached hydrogens (tertiary/aromatic N) is 5. The average molecular weight is 448 g/mol. The number of para-hydroxylation sites is 2. The fourth-order valence-electron chi connectivity index (χ4n) is 3.56. The van der Waals surface area contributed by atoms with Crippen LogP contribution in [0.5, 0.6) is 0 Å². The molecule has 0 radical (unpaired) electrons. The van der Waals surface area contributed by atoms with Gasteiger partial charge in [-0.1, -0.05) is 36.4 Å². The van der Waals surface area contributed by atoms with Crippen LogP contribution in [0.2, 0.25) is 0 Å². The summed E-state index contributed by atoms with van der Waals surface area (Å²) >= 11 is 0. The number of hydrogen-bond donors (Lipinski definition) is 1. The quantitative estimate of drug-likeness (QED) is 0.430. The van der Waals surface area contributed by atoms with Gasteiger partial charge in [0, 0.05) is 42.3 Å². The minimum Gasteiger partial charge on any atom is -0.346 e. The van der Waals surface area contributed by atoms with Gasteiger partial charge in [0.2, 0.25) is 0 Å². The lowest BCUT2D eigenvalue weighted by Crippen LogP contribution is -2.28. The Labute approximate surface area is 195 Å². The molecule has 0 bridgehead atoms. The molecule has 1 N–H and O–H groups in total. The second-order valence-corrected chi connectivity index (χ2v) is 7.51. The lowest BCUT2D eigenvalue weighted by Gasteiger charge is -2.08. The summed E-state index contributed by atoms with van der Waals surface area (Å²) in [5, 5.41) is 11.9. The lowest BCUT2D eigenvalue weighted by atomic mass is 10.1. The summed E-state index contributed by atoms with van der Waals surface area (Å²) in [6, 6.07) is 25.2. The summed E-state index contributed by atoms with van der Waals surface area (Å²) in [5.74, 6) is -0.391. The van der Waals surface area contributed by atoms with E-state index in [9.17, 15) is 9.59 Å². The molecule has 5 aromatic rings. The van der Waals surface area contributed by atoms with Crippen molar-refractivity contribution in [1.29, 1.82) is 0 Å². The highest BCUT2D eigenvalue weighted by molar-refractivity contribution is 5.92. The van der Waals surface area contributed by atoms with Crippen molar-refractivity contribution in [1.82, 2.24) is 29.9 Å². The maximum atomic E-state index is 12.9. The second-order valence-electron chi connectivity index (χ2n) is 7.51. The molecule has 3 aromatic heterocycles. The van der Waals surface area contributed by atoms with Crippen molar-refractivity contribution in [3.05, 3.63) is 125 Å². The van der Waals surface area contributed by atoms with E-state index in [1.54, 1.807) is 41.3 Å². The van der Waals surface area contributed by atoms with E-state index in [1.165, 1.54) is 16.8 Å². The maximum Gasteiger partial charge on any atom is 0.272 e. The highest BCUT2D eigenvalue weighted by atomic mass is 16.2. The highest BCUT2D eigenvalue weighted by Gasteiger charge is 2.15. The van der Waals surface area contributed by atoms with Crippen molar-refractivity contribution in [2.45, 2.75) is 6.54 Å². The number of benzene rings is 2. The molecule has 0 fully saturated rings. The van der Waals surface area contributed by atoms with Crippen LogP contribution in [0.25, 0.3) is 22.6 Å². The number of aromatic nitrogens is 5. The number of nitrogens with one attached hydrogen (secondary N) is 1. The fraction of sp³-hybridized carbons (Fsp3) is 0.0385. The van der Waals surface area contributed by atoms with Crippen LogP contribution in [0.4, 0.5) is 0 Å². The first-order chi connectivity index (χ1) is 16.7. The molecular formula is C26H20N6O2. The third-order valence-electron chi connectivity index (χ3n) is 5.24. The summed E-state index contributed by atoms with van der Waals surface area (Å²) in [6.45, 7) is 0.232. The van der Waals surface area contributed by atoms with E-state index in [2.05, 4.69) is 15.4 Å². The number of hydrogen-bond acceptors (Lipinski definition) is 5. The van der Waals surface area contributed by atoms with Gasteiger partial charge in [0.05, 0.1) is 17.1 Å². The van der Waals surface area contributed by atoms with Gasteiger partial charge in [0.1, 0.15) is 5.69 Å². The van der Waals surface area contributed by atoms with Crippen LogP contribution in [-0.4, -0.2) is 30.5 Å². The third kappa shape index (κ3) is 4.37. The topological polar surface area (TPSA) is 94.7 Å². The van der Waals surface area contributed by atoms with E-state index in [4.69, 9.17) is 5.10 Å². The normalized spacial score (nSPS) is 10.7. The summed E-state index contributed by atoms with van der Waals surface area (Å²) in [4.78, 5) is 29.3. The predicted octanol–water partition coefficient (Wildman–Crippen LogP) is 3.41. The van der Waals surface area contributed by atoms with Crippen molar-refractivity contribution >= 4 is 5.91 Å². The zero-order chi connectivity index (χ0) is 23.3. The van der Waals surface area contributed by atoms with E-state index in [-0.39, 0.29) is 17.8 Å². The maximum absolute atomic E-state index is 12.9. The Balaban J connectivity index is 1.42. The molecule has 34 heavy (non-hydrogen) atoms. The first-order valence-corrected chi connectivity index (χ1v) is 10.7. The fourth-order valence-corrected chi connectivity index (χ4v) is 3.56. The van der Waals surface area contributed by atoms with Gasteiger partial charge in [0.25, 0.3) is 11.5 Å². The average Bonchev–Trinajstić information content (AvgIpc) is 3.33. The number of carbonyl (C=O) groups excluding carboxylic acids is 1. The van der Waals surface area contributed by atoms with Gasteiger partial charge in [-0.2, -0.15) is 14.9 Å². The van der Waals surface area contributed by atoms with Crippen molar-refractivity contribution in [2.75, 3.05) is 0 Å². The van der Waals surface area contributed by atoms with Gasteiger partial charge >= 0.3 is 0 Å². The van der Waals surface area contributed by atoms with Crippen molar-refractivity contribution in [2.24, 2.45) is 0 Å². The zero-order valence-corrected chi connectivity index (χ0v) is 18.1. The van der Waals surface area contributed by atoms with E-state index in [0.29, 0.717) is 5.69 Å². The summed E-state index contributed by atoms with van der Waals surface area (Å²) < 4.78 is 3.00. The number of pyridine rings is 1. The van der Waals surface area contributed by atoms with Gasteiger partial charge in [-0.05, 0) is 42.5 Å². The van der Waals surface area contributed by atoms with Crippen LogP contribution < -0.4 is 10.9 Å². The zero-order valence-electron chi connectivity index (χ0n) is 18.1. The molecule has 0 saturated carbocycles. The SMILES string of the molecule is O=C(NCc1cn(-c2ccccc2)nc1-c1ccncc1)c1ccc(=O)n(-c2ccccc2)n1. The molecule has 0 saturated heterocycles. The summed E-state index contributed by atoms with van der Waals surface area (Å²) in [7, 11) is 0. The summed E-state index contributed by atoms with van der Waals surface area (Å²) in [5.41, 5.74) is 3.80. The molecule has 0 aliphatic carbocycles. The first kappa shape index (κ1) is 21.0. The molecule has 1 amide bonds. The molecule has 166 valence electrons. The number of rotatable bonds is 6. The second kappa shape index (κ2) is 9.33. The van der Waals surface area contributed by atoms with Crippen LogP contribution in [0.15, 0.2) is 108 Å². The molecule has 8 heteroatoms. The molecule has 0 atom stereocenters. The molecular weight excluding hydrogens is 428 g/mol. The Kier molecular flexibility index (Phi) is 5.77. The minimum absolute atomic E-state index is 0.143. The van der Waals surface area contributed by atoms with Crippen molar-refractivity contribution in [3.63, 3.8) is 0 Å². The molecule has 3 heterocycles. The Hall–Kier alpha value is -4.85. The largest absolute Gasteiger partial charge is 0.346 e. The Morgan fingerprint density at radius 3 is 2.18 bits per heavy atom. The predicted molar refractivity (Wildman–Crippen MR) is 128 cm³/mol. The molecule has 0 aliphatic heterocycles. The van der Waals surface area contributed by atoms with E-state index in [1.807, 2.05) is 54.7 Å². The first-order valence-electron chi connectivity index (χ1n) is 10.7. The van der Waals surface area contributed by atoms with Crippen LogP contribution in [-0.2, 0) is 6.54 Å². The van der Waals surface area contributed by atoms with E-state index < -0.39 is 5.91 Å². The lowest BCUT2D eigenvalue weighted by molar-refractivity contribution is 0.0944. The van der Waals surface area contributed by atoms with Gasteiger partial charge in [-0.15, -0.1) is 0 Å². The standard InChI is InChI=1S/C26H20N6O2/c33-24-12-11-23(29-32(24)22-9-5-2-6-10-22)26(34)28-17-20-18-31(21-7-3-1-4-8-21)30-25(20)19-13-15-27-16-14-19/h1-16,18H,17H2,(H,28,34). The van der Waals surface area contributed by atoms with Crippen LogP contribution >= 0.6 is 0 Å². The molecule has 0 aliphatic rings. The van der Waals surface area contributed by atoms with Gasteiger partial charge in [0.15, 0.2) is 0 Å². The smallest absolute Gasteiger partial charge is 0.272 e. The van der Waals surface area contributed by atoms with Crippen LogP contribution in [0.3, 0.4) is 0 Å². The van der Waals surface area contributed by atoms with Crippen molar-refractivity contribution in [3.8, 4) is 22.6 Å². The van der Waals surface area contributed by atoms with Gasteiger partial charge in [-0.25, -0.2) is 4.68 Å². The van der Waals surface area contributed by atoms with E-state index in [0.717, 1.165) is 22.5 Å². The van der Waals surface area contributed by atoms with Gasteiger partial charge < -0.3 is 5.32 Å². The number of amides is 1. The molecule has 5 rings (SSSR count). The molecule has 0 spiro atoms. The Morgan fingerprint density at radius 1 is 0.794 bits per heavy atom. The highest BCUT2D eigenvalue weighted by Crippen LogP contribution is 2.23. The molecule has 0 unspecified atom stereocenters. The number of carbonyl (C=O) groups is 1. The third-order valence-corrected chi connectivity index (χ3v) is 5.24. The van der Waals surface area contributed by atoms with E-state index >= 15 is 0 Å². The van der Waals surface area contributed by atoms with Gasteiger partial charge in [-0.3, -0.25) is 14.6 Å². The van der Waals surface area contributed by atoms with Crippen molar-refractivity contribution < 1.29 is 4.79 Å². The molecule has 8 nitrogen and oxygen atoms in total. The summed E-state index contributed by atoms with van der Waals surface area (Å²) in [6.07, 6.45) is 5.30. The van der Waals surface area contributed by atoms with Crippen LogP contribution in [0, 0.1) is 0 Å². The Morgan fingerprint density at radius 2 is 1.47 bits per heavy atom. The minimum atomic E-state index is -0.391. The Bertz CT molecular complexity index is 1480. The van der Waals surface area contributed by atoms with Crippen LogP contribution in [0.1, 0.15) is 16.1 Å². The molecule has 2 aromatic carbocycles. The monoisotopic (exact) mass is 448 g/mol.